The summed E-state index contributed by atoms with van der Waals surface area (Å²) in [6.07, 6.45) is 1.03. The van der Waals surface area contributed by atoms with Crippen LogP contribution in [0.4, 0.5) is 10.1 Å². The van der Waals surface area contributed by atoms with Crippen molar-refractivity contribution in [2.75, 3.05) is 11.9 Å². The van der Waals surface area contributed by atoms with Crippen LogP contribution in [0.2, 0.25) is 0 Å². The minimum absolute atomic E-state index is 0.180. The standard InChI is InChI=1S/C14H13FN2O/c1-9-2-5-13-12(6-9)17-8-14(18-13)11-4-3-10(15)7-16-11/h2-7,14,17H,8H2,1H3. The summed E-state index contributed by atoms with van der Waals surface area (Å²) >= 11 is 0. The summed E-state index contributed by atoms with van der Waals surface area (Å²) in [4.78, 5) is 4.05. The van der Waals surface area contributed by atoms with Crippen LogP contribution in [0.3, 0.4) is 0 Å². The smallest absolute Gasteiger partial charge is 0.158 e. The summed E-state index contributed by atoms with van der Waals surface area (Å²) in [7, 11) is 0. The molecule has 2 aromatic rings. The summed E-state index contributed by atoms with van der Waals surface area (Å²) in [5.74, 6) is 0.474. The number of nitrogens with zero attached hydrogens (tertiary/aromatic N) is 1. The highest BCUT2D eigenvalue weighted by Crippen LogP contribution is 2.34. The number of nitrogens with one attached hydrogen (secondary N) is 1. The normalized spacial score (nSPS) is 17.6. The van der Waals surface area contributed by atoms with Gasteiger partial charge in [-0.2, -0.15) is 0 Å². The lowest BCUT2D eigenvalue weighted by molar-refractivity contribution is 0.205. The van der Waals surface area contributed by atoms with E-state index in [0.717, 1.165) is 17.1 Å². The molecule has 0 radical (unpaired) electrons. The third kappa shape index (κ3) is 2.01. The Kier molecular flexibility index (Phi) is 2.63. The maximum Gasteiger partial charge on any atom is 0.158 e. The molecule has 1 aromatic carbocycles. The molecule has 3 rings (SSSR count). The van der Waals surface area contributed by atoms with Gasteiger partial charge in [0, 0.05) is 0 Å². The predicted octanol–water partition coefficient (Wildman–Crippen LogP) is 3.07. The van der Waals surface area contributed by atoms with Crippen LogP contribution in [0.15, 0.2) is 36.5 Å². The summed E-state index contributed by atoms with van der Waals surface area (Å²) in [5, 5.41) is 3.31. The number of aryl methyl sites for hydroxylation is 1. The van der Waals surface area contributed by atoms with Gasteiger partial charge in [-0.25, -0.2) is 4.39 Å². The van der Waals surface area contributed by atoms with Gasteiger partial charge in [0.1, 0.15) is 11.6 Å². The first-order valence-electron chi connectivity index (χ1n) is 5.85. The lowest BCUT2D eigenvalue weighted by Gasteiger charge is -2.27. The largest absolute Gasteiger partial charge is 0.480 e. The number of halogens is 1. The van der Waals surface area contributed by atoms with E-state index in [9.17, 15) is 4.39 Å². The van der Waals surface area contributed by atoms with Gasteiger partial charge >= 0.3 is 0 Å². The van der Waals surface area contributed by atoms with Crippen molar-refractivity contribution < 1.29 is 9.13 Å². The Labute approximate surface area is 105 Å². The fourth-order valence-electron chi connectivity index (χ4n) is 2.02. The Hall–Kier alpha value is -2.10. The molecule has 4 heteroatoms. The third-order valence-electron chi connectivity index (χ3n) is 2.96. The summed E-state index contributed by atoms with van der Waals surface area (Å²) < 4.78 is 18.7. The van der Waals surface area contributed by atoms with Crippen molar-refractivity contribution in [3.05, 3.63) is 53.6 Å². The summed E-state index contributed by atoms with van der Waals surface area (Å²) in [5.41, 5.74) is 2.91. The van der Waals surface area contributed by atoms with Gasteiger partial charge < -0.3 is 10.1 Å². The third-order valence-corrected chi connectivity index (χ3v) is 2.96. The number of ether oxygens (including phenoxy) is 1. The van der Waals surface area contributed by atoms with Crippen molar-refractivity contribution in [3.63, 3.8) is 0 Å². The van der Waals surface area contributed by atoms with Crippen LogP contribution in [0, 0.1) is 12.7 Å². The molecule has 0 spiro atoms. The highest BCUT2D eigenvalue weighted by atomic mass is 19.1. The Morgan fingerprint density at radius 1 is 1.33 bits per heavy atom. The highest BCUT2D eigenvalue weighted by Gasteiger charge is 2.21. The second-order valence-corrected chi connectivity index (χ2v) is 4.39. The van der Waals surface area contributed by atoms with Gasteiger partial charge in [-0.1, -0.05) is 6.07 Å². The topological polar surface area (TPSA) is 34.2 Å². The monoisotopic (exact) mass is 244 g/mol. The predicted molar refractivity (Wildman–Crippen MR) is 67.2 cm³/mol. The fourth-order valence-corrected chi connectivity index (χ4v) is 2.02. The second kappa shape index (κ2) is 4.29. The minimum atomic E-state index is -0.335. The van der Waals surface area contributed by atoms with Crippen LogP contribution in [-0.4, -0.2) is 11.5 Å². The van der Waals surface area contributed by atoms with E-state index in [1.165, 1.54) is 17.8 Å². The Morgan fingerprint density at radius 2 is 2.22 bits per heavy atom. The number of benzene rings is 1. The molecule has 0 saturated heterocycles. The number of fused-ring (bicyclic) bond motifs is 1. The maximum absolute atomic E-state index is 12.8. The average Bonchev–Trinajstić information content (AvgIpc) is 2.39. The highest BCUT2D eigenvalue weighted by molar-refractivity contribution is 5.59. The fraction of sp³-hybridized carbons (Fsp3) is 0.214. The molecule has 18 heavy (non-hydrogen) atoms. The number of aromatic nitrogens is 1. The molecule has 0 aliphatic carbocycles. The molecule has 1 aliphatic rings. The quantitative estimate of drug-likeness (QED) is 0.837. The molecule has 92 valence electrons. The van der Waals surface area contributed by atoms with Crippen molar-refractivity contribution in [2.45, 2.75) is 13.0 Å². The molecular weight excluding hydrogens is 231 g/mol. The second-order valence-electron chi connectivity index (χ2n) is 4.39. The molecule has 2 heterocycles. The van der Waals surface area contributed by atoms with E-state index in [0.29, 0.717) is 6.54 Å². The molecule has 1 atom stereocenters. The maximum atomic E-state index is 12.8. The zero-order chi connectivity index (χ0) is 12.5. The van der Waals surface area contributed by atoms with Crippen molar-refractivity contribution in [2.24, 2.45) is 0 Å². The minimum Gasteiger partial charge on any atom is -0.480 e. The molecule has 0 fully saturated rings. The van der Waals surface area contributed by atoms with Crippen LogP contribution >= 0.6 is 0 Å². The van der Waals surface area contributed by atoms with E-state index >= 15 is 0 Å². The lowest BCUT2D eigenvalue weighted by atomic mass is 10.1. The van der Waals surface area contributed by atoms with E-state index in [-0.39, 0.29) is 11.9 Å². The number of pyridine rings is 1. The van der Waals surface area contributed by atoms with Gasteiger partial charge in [0.2, 0.25) is 0 Å². The zero-order valence-corrected chi connectivity index (χ0v) is 9.98. The van der Waals surface area contributed by atoms with Crippen molar-refractivity contribution in [3.8, 4) is 5.75 Å². The molecule has 0 amide bonds. The number of anilines is 1. The van der Waals surface area contributed by atoms with Crippen LogP contribution < -0.4 is 10.1 Å². The molecule has 1 unspecified atom stereocenters. The molecule has 3 nitrogen and oxygen atoms in total. The van der Waals surface area contributed by atoms with Crippen molar-refractivity contribution in [1.29, 1.82) is 0 Å². The van der Waals surface area contributed by atoms with E-state index < -0.39 is 0 Å². The van der Waals surface area contributed by atoms with Crippen LogP contribution in [-0.2, 0) is 0 Å². The van der Waals surface area contributed by atoms with Gasteiger partial charge in [0.25, 0.3) is 0 Å². The van der Waals surface area contributed by atoms with E-state index in [2.05, 4.69) is 10.3 Å². The van der Waals surface area contributed by atoms with Gasteiger partial charge in [-0.15, -0.1) is 0 Å². The molecular formula is C14H13FN2O. The molecule has 0 saturated carbocycles. The van der Waals surface area contributed by atoms with Crippen molar-refractivity contribution in [1.82, 2.24) is 4.98 Å². The average molecular weight is 244 g/mol. The first-order valence-corrected chi connectivity index (χ1v) is 5.85. The van der Waals surface area contributed by atoms with E-state index in [4.69, 9.17) is 4.74 Å². The lowest BCUT2D eigenvalue weighted by Crippen LogP contribution is -2.24. The molecule has 1 N–H and O–H groups in total. The van der Waals surface area contributed by atoms with E-state index in [1.54, 1.807) is 6.07 Å². The Morgan fingerprint density at radius 3 is 3.00 bits per heavy atom. The number of hydrogen-bond donors (Lipinski definition) is 1. The first-order chi connectivity index (χ1) is 8.72. The van der Waals surface area contributed by atoms with Gasteiger partial charge in [0.05, 0.1) is 24.1 Å². The van der Waals surface area contributed by atoms with Gasteiger partial charge in [-0.05, 0) is 36.8 Å². The molecule has 1 aliphatic heterocycles. The SMILES string of the molecule is Cc1ccc2c(c1)NCC(c1ccc(F)cn1)O2. The van der Waals surface area contributed by atoms with Crippen LogP contribution in [0.25, 0.3) is 0 Å². The summed E-state index contributed by atoms with van der Waals surface area (Å²) in [6, 6.07) is 9.04. The summed E-state index contributed by atoms with van der Waals surface area (Å²) in [6.45, 7) is 2.67. The zero-order valence-electron chi connectivity index (χ0n) is 9.98. The Balaban J connectivity index is 1.86. The molecule has 1 aromatic heterocycles. The van der Waals surface area contributed by atoms with Crippen LogP contribution in [0.5, 0.6) is 5.75 Å². The molecule has 0 bridgehead atoms. The van der Waals surface area contributed by atoms with E-state index in [1.807, 2.05) is 25.1 Å². The van der Waals surface area contributed by atoms with Gasteiger partial charge in [-0.3, -0.25) is 4.98 Å². The first kappa shape index (κ1) is 11.0. The number of hydrogen-bond acceptors (Lipinski definition) is 3. The van der Waals surface area contributed by atoms with Crippen molar-refractivity contribution >= 4 is 5.69 Å². The Bertz CT molecular complexity index is 569. The van der Waals surface area contributed by atoms with Gasteiger partial charge in [0.15, 0.2) is 6.10 Å². The van der Waals surface area contributed by atoms with Crippen LogP contribution in [0.1, 0.15) is 17.4 Å². The number of rotatable bonds is 1.